The number of rotatable bonds is 3. The van der Waals surface area contributed by atoms with Gasteiger partial charge in [0.2, 0.25) is 0 Å². The number of nitrogens with one attached hydrogen (secondary N) is 1. The molecular weight excluding hydrogens is 402 g/mol. The van der Waals surface area contributed by atoms with Crippen molar-refractivity contribution in [2.24, 2.45) is 0 Å². The van der Waals surface area contributed by atoms with E-state index in [1.165, 1.54) is 4.90 Å². The van der Waals surface area contributed by atoms with Gasteiger partial charge >= 0.3 is 0 Å². The minimum absolute atomic E-state index is 0.0325. The molecule has 2 aromatic heterocycles. The Labute approximate surface area is 179 Å². The zero-order valence-corrected chi connectivity index (χ0v) is 18.1. The van der Waals surface area contributed by atoms with Gasteiger partial charge in [-0.3, -0.25) is 9.48 Å². The van der Waals surface area contributed by atoms with Gasteiger partial charge < -0.3 is 9.88 Å². The maximum absolute atomic E-state index is 13.6. The fourth-order valence-corrected chi connectivity index (χ4v) is 3.61. The number of H-pyrrole nitrogens is 1. The summed E-state index contributed by atoms with van der Waals surface area (Å²) in [5, 5.41) is 12.8. The smallest absolute Gasteiger partial charge is 0.254 e. The lowest BCUT2D eigenvalue weighted by atomic mass is 9.98. The van der Waals surface area contributed by atoms with E-state index < -0.39 is 5.92 Å². The number of hydrogen-bond donors (Lipinski definition) is 1. The lowest BCUT2D eigenvalue weighted by Gasteiger charge is -2.32. The first-order valence-electron chi connectivity index (χ1n) is 10.3. The average Bonchev–Trinajstić information content (AvgIpc) is 3.36. The van der Waals surface area contributed by atoms with Crippen molar-refractivity contribution >= 4 is 5.91 Å². The van der Waals surface area contributed by atoms with E-state index in [-0.39, 0.29) is 37.4 Å². The van der Waals surface area contributed by atoms with Crippen molar-refractivity contribution < 1.29 is 13.6 Å². The molecule has 31 heavy (non-hydrogen) atoms. The molecule has 0 spiro atoms. The van der Waals surface area contributed by atoms with Gasteiger partial charge in [0, 0.05) is 48.8 Å². The minimum atomic E-state index is -2.71. The second kappa shape index (κ2) is 7.55. The number of aryl methyl sites for hydroxylation is 1. The molecule has 1 fully saturated rings. The van der Waals surface area contributed by atoms with Gasteiger partial charge in [0.15, 0.2) is 5.82 Å². The van der Waals surface area contributed by atoms with Crippen molar-refractivity contribution in [2.45, 2.75) is 52.0 Å². The van der Waals surface area contributed by atoms with Gasteiger partial charge in [0.05, 0.1) is 11.2 Å². The fraction of sp³-hybridized carbons (Fsp3) is 0.455. The summed E-state index contributed by atoms with van der Waals surface area (Å²) < 4.78 is 29.0. The highest BCUT2D eigenvalue weighted by atomic mass is 19.3. The molecule has 3 heterocycles. The second-order valence-corrected chi connectivity index (χ2v) is 8.98. The molecule has 3 aromatic rings. The van der Waals surface area contributed by atoms with Gasteiger partial charge in [-0.25, -0.2) is 8.78 Å². The van der Waals surface area contributed by atoms with E-state index in [9.17, 15) is 13.6 Å². The molecule has 1 saturated heterocycles. The van der Waals surface area contributed by atoms with E-state index in [1.54, 1.807) is 12.1 Å². The Morgan fingerprint density at radius 1 is 1.13 bits per heavy atom. The van der Waals surface area contributed by atoms with Crippen LogP contribution in [0, 0.1) is 6.92 Å². The van der Waals surface area contributed by atoms with Crippen LogP contribution in [0.25, 0.3) is 22.6 Å². The van der Waals surface area contributed by atoms with Gasteiger partial charge in [0.25, 0.3) is 11.8 Å². The van der Waals surface area contributed by atoms with Crippen molar-refractivity contribution in [3.63, 3.8) is 0 Å². The van der Waals surface area contributed by atoms with Gasteiger partial charge in [-0.1, -0.05) is 6.07 Å². The summed E-state index contributed by atoms with van der Waals surface area (Å²) in [6.07, 6.45) is 1.24. The highest BCUT2D eigenvalue weighted by Crippen LogP contribution is 2.32. The predicted molar refractivity (Wildman–Crippen MR) is 113 cm³/mol. The first-order valence-corrected chi connectivity index (χ1v) is 10.3. The molecule has 4 rings (SSSR count). The average molecular weight is 428 g/mol. The number of carbonyl (C=O) groups excluding carboxylic acids is 1. The van der Waals surface area contributed by atoms with E-state index in [4.69, 9.17) is 0 Å². The normalized spacial score (nSPS) is 16.5. The van der Waals surface area contributed by atoms with Crippen molar-refractivity contribution in [3.05, 3.63) is 41.9 Å². The van der Waals surface area contributed by atoms with Crippen LogP contribution in [-0.4, -0.2) is 54.8 Å². The Bertz CT molecular complexity index is 1100. The van der Waals surface area contributed by atoms with Gasteiger partial charge in [-0.2, -0.15) is 5.10 Å². The summed E-state index contributed by atoms with van der Waals surface area (Å²) in [6.45, 7) is 7.99. The molecule has 0 bridgehead atoms. The monoisotopic (exact) mass is 428 g/mol. The molecule has 1 aliphatic rings. The zero-order chi connectivity index (χ0) is 22.4. The van der Waals surface area contributed by atoms with E-state index in [0.717, 1.165) is 5.56 Å². The third kappa shape index (κ3) is 4.35. The molecule has 1 aliphatic heterocycles. The number of nitrogens with zero attached hydrogens (tertiary/aromatic N) is 5. The topological polar surface area (TPSA) is 79.7 Å². The Morgan fingerprint density at radius 3 is 2.42 bits per heavy atom. The fourth-order valence-electron chi connectivity index (χ4n) is 3.61. The Morgan fingerprint density at radius 2 is 1.84 bits per heavy atom. The molecule has 7 nitrogen and oxygen atoms in total. The van der Waals surface area contributed by atoms with Crippen LogP contribution in [0.5, 0.6) is 0 Å². The third-order valence-electron chi connectivity index (χ3n) is 5.46. The summed E-state index contributed by atoms with van der Waals surface area (Å²) in [5.74, 6) is -1.70. The van der Waals surface area contributed by atoms with Gasteiger partial charge in [-0.05, 0) is 45.9 Å². The molecule has 1 aromatic carbocycles. The molecule has 1 amide bonds. The summed E-state index contributed by atoms with van der Waals surface area (Å²) in [6, 6.07) is 7.21. The molecule has 1 N–H and O–H groups in total. The van der Waals surface area contributed by atoms with Crippen LogP contribution in [0.15, 0.2) is 30.5 Å². The molecular formula is C22H26F2N6O. The van der Waals surface area contributed by atoms with Crippen molar-refractivity contribution in [1.29, 1.82) is 0 Å². The zero-order valence-electron chi connectivity index (χ0n) is 18.1. The van der Waals surface area contributed by atoms with Crippen LogP contribution in [0.2, 0.25) is 0 Å². The Kier molecular flexibility index (Phi) is 5.15. The molecule has 164 valence electrons. The van der Waals surface area contributed by atoms with Gasteiger partial charge in [-0.15, -0.1) is 10.2 Å². The van der Waals surface area contributed by atoms with E-state index in [1.807, 2.05) is 50.7 Å². The van der Waals surface area contributed by atoms with Crippen LogP contribution < -0.4 is 0 Å². The van der Waals surface area contributed by atoms with Crippen molar-refractivity contribution in [3.8, 4) is 22.6 Å². The number of alkyl halides is 2. The number of aromatic nitrogens is 5. The predicted octanol–water partition coefficient (Wildman–Crippen LogP) is 4.27. The minimum Gasteiger partial charge on any atom is -0.338 e. The van der Waals surface area contributed by atoms with E-state index in [2.05, 4.69) is 20.3 Å². The Hall–Kier alpha value is -3.10. The van der Waals surface area contributed by atoms with E-state index >= 15 is 0 Å². The highest BCUT2D eigenvalue weighted by Gasteiger charge is 2.36. The Balaban J connectivity index is 1.75. The van der Waals surface area contributed by atoms with Crippen LogP contribution in [0.1, 0.15) is 49.8 Å². The number of benzene rings is 1. The molecule has 0 saturated carbocycles. The van der Waals surface area contributed by atoms with Crippen molar-refractivity contribution in [1.82, 2.24) is 29.9 Å². The van der Waals surface area contributed by atoms with Crippen LogP contribution >= 0.6 is 0 Å². The largest absolute Gasteiger partial charge is 0.338 e. The van der Waals surface area contributed by atoms with Gasteiger partial charge in [0.1, 0.15) is 5.82 Å². The number of piperidine rings is 1. The van der Waals surface area contributed by atoms with E-state index in [0.29, 0.717) is 28.5 Å². The summed E-state index contributed by atoms with van der Waals surface area (Å²) in [5.41, 5.74) is 2.25. The SMILES string of the molecule is Cc1nnc(-c2ccc(C(=O)N3CCC(F)(F)CC3)c(-c3ccn(C(C)(C)C)n3)c2)[nH]1. The van der Waals surface area contributed by atoms with Crippen LogP contribution in [-0.2, 0) is 5.54 Å². The molecule has 0 radical (unpaired) electrons. The maximum Gasteiger partial charge on any atom is 0.254 e. The van der Waals surface area contributed by atoms with Crippen LogP contribution in [0.4, 0.5) is 8.78 Å². The number of aromatic amines is 1. The quantitative estimate of drug-likeness (QED) is 0.676. The first kappa shape index (κ1) is 21.1. The first-order chi connectivity index (χ1) is 14.5. The summed E-state index contributed by atoms with van der Waals surface area (Å²) in [4.78, 5) is 17.9. The van der Waals surface area contributed by atoms with Crippen LogP contribution in [0.3, 0.4) is 0 Å². The number of amides is 1. The highest BCUT2D eigenvalue weighted by molar-refractivity contribution is 6.01. The standard InChI is InChI=1S/C22H26F2N6O/c1-14-25-19(27-26-14)15-5-6-16(20(31)29-11-8-22(23,24)9-12-29)17(13-15)18-7-10-30(28-18)21(2,3)4/h5-7,10,13H,8-9,11-12H2,1-4H3,(H,25,26,27). The lowest BCUT2D eigenvalue weighted by Crippen LogP contribution is -2.42. The summed E-state index contributed by atoms with van der Waals surface area (Å²) in [7, 11) is 0. The second-order valence-electron chi connectivity index (χ2n) is 8.98. The third-order valence-corrected chi connectivity index (χ3v) is 5.46. The molecule has 0 unspecified atom stereocenters. The van der Waals surface area contributed by atoms with Crippen molar-refractivity contribution in [2.75, 3.05) is 13.1 Å². The molecule has 0 aliphatic carbocycles. The number of carbonyl (C=O) groups is 1. The molecule has 9 heteroatoms. The number of halogens is 2. The maximum atomic E-state index is 13.6. The summed E-state index contributed by atoms with van der Waals surface area (Å²) >= 11 is 0. The lowest BCUT2D eigenvalue weighted by molar-refractivity contribution is -0.0494. The molecule has 0 atom stereocenters. The number of likely N-dealkylation sites (tertiary alicyclic amines) is 1. The number of hydrogen-bond acceptors (Lipinski definition) is 4.